The molecule has 6 aromatic heterocycles. The minimum absolute atomic E-state index is 0.135. The zero-order valence-electron chi connectivity index (χ0n) is 37.2. The average Bonchev–Trinajstić information content (AvgIpc) is 4.29. The maximum absolute atomic E-state index is 9.44. The Bertz CT molecular complexity index is 2910. The first kappa shape index (κ1) is 41.1. The molecule has 3 atom stereocenters. The van der Waals surface area contributed by atoms with E-state index in [4.69, 9.17) is 24.9 Å². The number of anilines is 5. The van der Waals surface area contributed by atoms with Crippen molar-refractivity contribution in [2.45, 2.75) is 75.9 Å². The van der Waals surface area contributed by atoms with Crippen molar-refractivity contribution in [2.24, 2.45) is 0 Å². The van der Waals surface area contributed by atoms with Crippen LogP contribution >= 0.6 is 22.7 Å². The van der Waals surface area contributed by atoms with Crippen LogP contribution < -0.4 is 25.0 Å². The summed E-state index contributed by atoms with van der Waals surface area (Å²) in [6, 6.07) is 19.9. The molecule has 334 valence electrons. The highest BCUT2D eigenvalue weighted by molar-refractivity contribution is 7.18. The number of nitrogens with one attached hydrogen (secondary N) is 2. The van der Waals surface area contributed by atoms with Crippen LogP contribution in [0.3, 0.4) is 0 Å². The average molecular weight is 906 g/mol. The number of rotatable bonds is 13. The van der Waals surface area contributed by atoms with Crippen molar-refractivity contribution < 1.29 is 9.67 Å². The molecule has 13 nitrogen and oxygen atoms in total. The van der Waals surface area contributed by atoms with E-state index < -0.39 is 0 Å². The largest absolute Gasteiger partial charge is 0.395 e. The van der Waals surface area contributed by atoms with E-state index in [2.05, 4.69) is 103 Å². The zero-order chi connectivity index (χ0) is 43.6. The lowest BCUT2D eigenvalue weighted by Gasteiger charge is -2.38. The lowest BCUT2D eigenvalue weighted by atomic mass is 9.93. The number of aliphatic hydroxyl groups is 1. The van der Waals surface area contributed by atoms with Crippen LogP contribution in [0.1, 0.15) is 77.9 Å². The van der Waals surface area contributed by atoms with Crippen molar-refractivity contribution in [1.29, 1.82) is 0 Å². The number of pyridine rings is 4. The molecule has 0 spiro atoms. The summed E-state index contributed by atoms with van der Waals surface area (Å²) in [7, 11) is 0. The number of hydrogen-bond acceptors (Lipinski definition) is 14. The van der Waals surface area contributed by atoms with E-state index in [9.17, 15) is 5.11 Å². The summed E-state index contributed by atoms with van der Waals surface area (Å²) in [5, 5.41) is 21.9. The highest BCUT2D eigenvalue weighted by Crippen LogP contribution is 2.46. The van der Waals surface area contributed by atoms with Gasteiger partial charge in [-0.15, -0.1) is 11.3 Å². The van der Waals surface area contributed by atoms with E-state index >= 15 is 0 Å². The van der Waals surface area contributed by atoms with Crippen LogP contribution in [-0.4, -0.2) is 117 Å². The summed E-state index contributed by atoms with van der Waals surface area (Å²) in [6.45, 7) is 14.0. The standard InChI is InChI=1S/C50H57N12OS2/c1-31(59-21-23-61(24-22-59)45-29-41-37(6-4-16-52-41)48(57-45)54-38-12-13-39-46(32(38)2)65-49(55-39)33-7-8-33)30-62-42-14-11-35(27-43(42)64-50(62)34-9-10-34)53-47-36-5-3-15-51-40(36)28-44(56-47)60-19-17-58(18-20-60)25-26-63/h3-6,11-16,27-29,31-34,38,63H,7-10,17-26,30H2,1-2H3,(H,53,56)(H,54,57)/q+1. The molecule has 2 saturated carbocycles. The molecule has 3 N–H and O–H groups in total. The van der Waals surface area contributed by atoms with Gasteiger partial charge < -0.3 is 25.5 Å². The molecule has 3 unspecified atom stereocenters. The number of benzene rings is 1. The van der Waals surface area contributed by atoms with Gasteiger partial charge in [0, 0.05) is 123 Å². The third-order valence-electron chi connectivity index (χ3n) is 14.3. The van der Waals surface area contributed by atoms with E-state index in [1.807, 2.05) is 47.2 Å². The maximum Gasteiger partial charge on any atom is 0.241 e. The predicted molar refractivity (Wildman–Crippen MR) is 264 cm³/mol. The van der Waals surface area contributed by atoms with E-state index in [0.29, 0.717) is 30.3 Å². The third kappa shape index (κ3) is 8.19. The molecule has 3 aliphatic carbocycles. The summed E-state index contributed by atoms with van der Waals surface area (Å²) >= 11 is 3.87. The number of piperazine rings is 2. The van der Waals surface area contributed by atoms with Crippen LogP contribution in [0, 0.1) is 0 Å². The summed E-state index contributed by atoms with van der Waals surface area (Å²) in [6.07, 6.45) is 13.3. The Balaban J connectivity index is 0.739. The van der Waals surface area contributed by atoms with Crippen molar-refractivity contribution >= 4 is 89.7 Å². The number of hydrogen-bond donors (Lipinski definition) is 3. The quantitative estimate of drug-likeness (QED) is 0.0973. The molecule has 4 fully saturated rings. The monoisotopic (exact) mass is 905 g/mol. The van der Waals surface area contributed by atoms with Crippen molar-refractivity contribution in [3.05, 3.63) is 93.7 Å². The Hall–Kier alpha value is -5.32. The molecule has 2 saturated heterocycles. The smallest absolute Gasteiger partial charge is 0.241 e. The SMILES string of the molecule is CC1c2sc(C3CC3)nc2C=CC1Nc1nc(N2CCN(C(C)C[n+]3c(C4CC4)sc4cc(Nc5nc(N6CCN(CCO)CC6)cc6ncccc56)ccc43)CC2)cc2ncccc12. The fourth-order valence-corrected chi connectivity index (χ4v) is 12.8. The molecular formula is C50H57N12OS2+. The molecule has 15 heteroatoms. The Morgan fingerprint density at radius 2 is 1.46 bits per heavy atom. The Morgan fingerprint density at radius 1 is 0.785 bits per heavy atom. The number of nitrogens with zero attached hydrogens (tertiary/aromatic N) is 10. The van der Waals surface area contributed by atoms with Crippen LogP contribution in [0.4, 0.5) is 29.0 Å². The molecule has 12 rings (SSSR count). The lowest BCUT2D eigenvalue weighted by Crippen LogP contribution is -2.54. The molecule has 5 aliphatic rings. The molecular weight excluding hydrogens is 849 g/mol. The van der Waals surface area contributed by atoms with E-state index in [0.717, 1.165) is 115 Å². The molecule has 2 aliphatic heterocycles. The van der Waals surface area contributed by atoms with Crippen LogP contribution in [-0.2, 0) is 6.54 Å². The third-order valence-corrected chi connectivity index (χ3v) is 17.0. The summed E-state index contributed by atoms with van der Waals surface area (Å²) < 4.78 is 3.94. The number of β-amino-alcohol motifs (C(OH)–C–C–N with tert-alkyl or cyclic N) is 1. The van der Waals surface area contributed by atoms with Gasteiger partial charge in [-0.05, 0) is 75.1 Å². The van der Waals surface area contributed by atoms with Gasteiger partial charge in [0.15, 0.2) is 6.54 Å². The molecule has 0 radical (unpaired) electrons. The Kier molecular flexibility index (Phi) is 10.9. The molecule has 65 heavy (non-hydrogen) atoms. The summed E-state index contributed by atoms with van der Waals surface area (Å²) in [5.41, 5.74) is 5.42. The van der Waals surface area contributed by atoms with Gasteiger partial charge in [0.25, 0.3) is 0 Å². The van der Waals surface area contributed by atoms with Gasteiger partial charge in [-0.2, -0.15) is 4.57 Å². The van der Waals surface area contributed by atoms with Crippen LogP contribution in [0.25, 0.3) is 38.1 Å². The molecule has 0 amide bonds. The van der Waals surface area contributed by atoms with Gasteiger partial charge in [-0.3, -0.25) is 19.8 Å². The molecule has 7 aromatic rings. The number of fused-ring (bicyclic) bond motifs is 4. The van der Waals surface area contributed by atoms with E-state index in [-0.39, 0.29) is 12.6 Å². The fourth-order valence-electron chi connectivity index (χ4n) is 10.1. The summed E-state index contributed by atoms with van der Waals surface area (Å²) in [5.74, 6) is 5.30. The van der Waals surface area contributed by atoms with Crippen LogP contribution in [0.5, 0.6) is 0 Å². The Labute approximate surface area is 387 Å². The first-order chi connectivity index (χ1) is 31.9. The maximum atomic E-state index is 9.44. The second-order valence-electron chi connectivity index (χ2n) is 18.7. The lowest BCUT2D eigenvalue weighted by molar-refractivity contribution is -0.678. The van der Waals surface area contributed by atoms with Gasteiger partial charge >= 0.3 is 0 Å². The van der Waals surface area contributed by atoms with Crippen molar-refractivity contribution in [3.8, 4) is 0 Å². The van der Waals surface area contributed by atoms with E-state index in [1.165, 1.54) is 50.8 Å². The van der Waals surface area contributed by atoms with Gasteiger partial charge in [0.1, 0.15) is 28.0 Å². The van der Waals surface area contributed by atoms with Crippen LogP contribution in [0.2, 0.25) is 0 Å². The summed E-state index contributed by atoms with van der Waals surface area (Å²) in [4.78, 5) is 36.2. The van der Waals surface area contributed by atoms with Gasteiger partial charge in [-0.25, -0.2) is 15.0 Å². The molecule has 1 aromatic carbocycles. The predicted octanol–water partition coefficient (Wildman–Crippen LogP) is 7.97. The van der Waals surface area contributed by atoms with Gasteiger partial charge in [-0.1, -0.05) is 24.3 Å². The number of aliphatic hydroxyl groups excluding tert-OH is 1. The second-order valence-corrected chi connectivity index (χ2v) is 20.9. The fraction of sp³-hybridized carbons (Fsp3) is 0.440. The zero-order valence-corrected chi connectivity index (χ0v) is 38.9. The van der Waals surface area contributed by atoms with Crippen molar-refractivity contribution in [3.63, 3.8) is 0 Å². The number of thiazole rings is 2. The number of aromatic nitrogens is 6. The first-order valence-electron chi connectivity index (χ1n) is 23.7. The van der Waals surface area contributed by atoms with Crippen LogP contribution in [0.15, 0.2) is 73.1 Å². The highest BCUT2D eigenvalue weighted by atomic mass is 32.1. The molecule has 8 heterocycles. The minimum atomic E-state index is 0.135. The van der Waals surface area contributed by atoms with Crippen molar-refractivity contribution in [1.82, 2.24) is 34.7 Å². The topological polar surface area (TPSA) is 126 Å². The normalized spacial score (nSPS) is 21.1. The second kappa shape index (κ2) is 17.2. The highest BCUT2D eigenvalue weighted by Gasteiger charge is 2.38. The molecule has 0 bridgehead atoms. The minimum Gasteiger partial charge on any atom is -0.395 e. The van der Waals surface area contributed by atoms with Gasteiger partial charge in [0.05, 0.1) is 46.3 Å². The Morgan fingerprint density at radius 3 is 2.15 bits per heavy atom. The van der Waals surface area contributed by atoms with Gasteiger partial charge in [0.2, 0.25) is 10.5 Å². The van der Waals surface area contributed by atoms with Crippen molar-refractivity contribution in [2.75, 3.05) is 85.9 Å². The first-order valence-corrected chi connectivity index (χ1v) is 25.3. The van der Waals surface area contributed by atoms with E-state index in [1.54, 1.807) is 0 Å².